The Bertz CT molecular complexity index is 172. The lowest BCUT2D eigenvalue weighted by atomic mass is 9.99. The summed E-state index contributed by atoms with van der Waals surface area (Å²) in [5.74, 6) is 0.800. The number of ether oxygens (including phenoxy) is 3. The van der Waals surface area contributed by atoms with Gasteiger partial charge in [0.1, 0.15) is 0 Å². The average molecular weight is 245 g/mol. The molecule has 0 heterocycles. The van der Waals surface area contributed by atoms with Crippen molar-refractivity contribution in [1.29, 1.82) is 0 Å². The van der Waals surface area contributed by atoms with E-state index in [0.29, 0.717) is 32.5 Å². The van der Waals surface area contributed by atoms with E-state index in [2.05, 4.69) is 5.32 Å². The lowest BCUT2D eigenvalue weighted by molar-refractivity contribution is 0.0158. The summed E-state index contributed by atoms with van der Waals surface area (Å²) in [6.45, 7) is 3.44. The van der Waals surface area contributed by atoms with E-state index in [1.165, 1.54) is 25.7 Å². The van der Waals surface area contributed by atoms with Gasteiger partial charge >= 0.3 is 0 Å². The zero-order valence-corrected chi connectivity index (χ0v) is 11.2. The monoisotopic (exact) mass is 245 g/mol. The molecule has 4 nitrogen and oxygen atoms in total. The van der Waals surface area contributed by atoms with Crippen LogP contribution >= 0.6 is 0 Å². The third-order valence-electron chi connectivity index (χ3n) is 3.44. The minimum Gasteiger partial charge on any atom is -0.382 e. The van der Waals surface area contributed by atoms with Crippen molar-refractivity contribution in [2.45, 2.75) is 31.7 Å². The molecule has 0 aromatic heterocycles. The molecule has 0 saturated heterocycles. The van der Waals surface area contributed by atoms with Gasteiger partial charge in [-0.1, -0.05) is 12.8 Å². The molecule has 0 radical (unpaired) electrons. The number of nitrogens with one attached hydrogen (secondary N) is 1. The lowest BCUT2D eigenvalue weighted by Gasteiger charge is -2.22. The van der Waals surface area contributed by atoms with Crippen molar-refractivity contribution in [3.63, 3.8) is 0 Å². The third kappa shape index (κ3) is 6.36. The highest BCUT2D eigenvalue weighted by Crippen LogP contribution is 2.27. The zero-order valence-electron chi connectivity index (χ0n) is 11.2. The van der Waals surface area contributed by atoms with Crippen LogP contribution in [0.15, 0.2) is 0 Å². The Balaban J connectivity index is 1.96. The van der Waals surface area contributed by atoms with Crippen LogP contribution in [-0.4, -0.2) is 53.2 Å². The molecule has 0 aromatic carbocycles. The molecule has 0 aromatic rings. The molecule has 4 heteroatoms. The van der Waals surface area contributed by atoms with Crippen LogP contribution in [0.3, 0.4) is 0 Å². The summed E-state index contributed by atoms with van der Waals surface area (Å²) in [5.41, 5.74) is 0. The van der Waals surface area contributed by atoms with E-state index in [4.69, 9.17) is 14.2 Å². The third-order valence-corrected chi connectivity index (χ3v) is 3.44. The second-order valence-electron chi connectivity index (χ2n) is 4.62. The Morgan fingerprint density at radius 2 is 1.71 bits per heavy atom. The van der Waals surface area contributed by atoms with Crippen LogP contribution in [0.4, 0.5) is 0 Å². The SMILES string of the molecule is CNC(COCCOCCOC)C1CCCC1. The highest BCUT2D eigenvalue weighted by molar-refractivity contribution is 4.79. The van der Waals surface area contributed by atoms with E-state index >= 15 is 0 Å². The fraction of sp³-hybridized carbons (Fsp3) is 1.00. The van der Waals surface area contributed by atoms with E-state index < -0.39 is 0 Å². The first-order valence-corrected chi connectivity index (χ1v) is 6.70. The van der Waals surface area contributed by atoms with E-state index in [1.807, 2.05) is 7.05 Å². The summed E-state index contributed by atoms with van der Waals surface area (Å²) in [6.07, 6.45) is 5.45. The molecule has 1 atom stereocenters. The fourth-order valence-electron chi connectivity index (χ4n) is 2.39. The average Bonchev–Trinajstić information content (AvgIpc) is 2.86. The van der Waals surface area contributed by atoms with Gasteiger partial charge < -0.3 is 19.5 Å². The molecule has 1 aliphatic rings. The molecule has 102 valence electrons. The van der Waals surface area contributed by atoms with Gasteiger partial charge in [0.25, 0.3) is 0 Å². The van der Waals surface area contributed by atoms with Gasteiger partial charge in [-0.25, -0.2) is 0 Å². The molecule has 1 fully saturated rings. The maximum Gasteiger partial charge on any atom is 0.0701 e. The van der Waals surface area contributed by atoms with Gasteiger partial charge in [-0.3, -0.25) is 0 Å². The van der Waals surface area contributed by atoms with Crippen molar-refractivity contribution < 1.29 is 14.2 Å². The Hall–Kier alpha value is -0.160. The zero-order chi connectivity index (χ0) is 12.3. The van der Waals surface area contributed by atoms with Crippen molar-refractivity contribution in [1.82, 2.24) is 5.32 Å². The molecule has 0 aliphatic heterocycles. The fourth-order valence-corrected chi connectivity index (χ4v) is 2.39. The quantitative estimate of drug-likeness (QED) is 0.591. The molecule has 0 spiro atoms. The highest BCUT2D eigenvalue weighted by atomic mass is 16.5. The predicted octanol–water partition coefficient (Wildman–Crippen LogP) is 1.44. The molecule has 0 amide bonds. The van der Waals surface area contributed by atoms with Crippen LogP contribution < -0.4 is 5.32 Å². The summed E-state index contributed by atoms with van der Waals surface area (Å²) in [7, 11) is 3.71. The standard InChI is InChI=1S/C13H27NO3/c1-14-13(12-5-3-4-6-12)11-17-10-9-16-8-7-15-2/h12-14H,3-11H2,1-2H3. The van der Waals surface area contributed by atoms with Crippen molar-refractivity contribution in [3.05, 3.63) is 0 Å². The number of likely N-dealkylation sites (N-methyl/N-ethyl adjacent to an activating group) is 1. The van der Waals surface area contributed by atoms with Crippen LogP contribution in [0, 0.1) is 5.92 Å². The van der Waals surface area contributed by atoms with E-state index in [9.17, 15) is 0 Å². The number of methoxy groups -OCH3 is 1. The van der Waals surface area contributed by atoms with Gasteiger partial charge in [0.15, 0.2) is 0 Å². The molecule has 1 saturated carbocycles. The van der Waals surface area contributed by atoms with Gasteiger partial charge in [-0.05, 0) is 25.8 Å². The number of rotatable bonds is 10. The molecule has 0 bridgehead atoms. The molecule has 1 unspecified atom stereocenters. The van der Waals surface area contributed by atoms with Crippen LogP contribution in [0.1, 0.15) is 25.7 Å². The van der Waals surface area contributed by atoms with Crippen LogP contribution in [0.25, 0.3) is 0 Å². The second-order valence-corrected chi connectivity index (χ2v) is 4.62. The van der Waals surface area contributed by atoms with Gasteiger partial charge in [0, 0.05) is 13.2 Å². The second kappa shape index (κ2) is 9.83. The summed E-state index contributed by atoms with van der Waals surface area (Å²) in [6, 6.07) is 0.511. The molecule has 1 aliphatic carbocycles. The van der Waals surface area contributed by atoms with Crippen molar-refractivity contribution in [3.8, 4) is 0 Å². The summed E-state index contributed by atoms with van der Waals surface area (Å²) < 4.78 is 15.9. The maximum atomic E-state index is 5.65. The lowest BCUT2D eigenvalue weighted by Crippen LogP contribution is -2.37. The highest BCUT2D eigenvalue weighted by Gasteiger charge is 2.23. The Morgan fingerprint density at radius 3 is 2.35 bits per heavy atom. The Kier molecular flexibility index (Phi) is 8.61. The summed E-state index contributed by atoms with van der Waals surface area (Å²) in [4.78, 5) is 0. The minimum atomic E-state index is 0.511. The first kappa shape index (κ1) is 14.9. The minimum absolute atomic E-state index is 0.511. The molecule has 17 heavy (non-hydrogen) atoms. The van der Waals surface area contributed by atoms with Crippen molar-refractivity contribution in [2.75, 3.05) is 47.2 Å². The van der Waals surface area contributed by atoms with Crippen molar-refractivity contribution in [2.24, 2.45) is 5.92 Å². The first-order chi connectivity index (χ1) is 8.38. The smallest absolute Gasteiger partial charge is 0.0701 e. The molecular weight excluding hydrogens is 218 g/mol. The van der Waals surface area contributed by atoms with Gasteiger partial charge in [-0.15, -0.1) is 0 Å². The predicted molar refractivity (Wildman–Crippen MR) is 68.3 cm³/mol. The van der Waals surface area contributed by atoms with E-state index in [1.54, 1.807) is 7.11 Å². The normalized spacial score (nSPS) is 18.7. The molecule has 1 N–H and O–H groups in total. The number of hydrogen-bond donors (Lipinski definition) is 1. The maximum absolute atomic E-state index is 5.65. The Morgan fingerprint density at radius 1 is 1.06 bits per heavy atom. The topological polar surface area (TPSA) is 39.7 Å². The van der Waals surface area contributed by atoms with E-state index in [-0.39, 0.29) is 0 Å². The van der Waals surface area contributed by atoms with Crippen LogP contribution in [0.2, 0.25) is 0 Å². The number of hydrogen-bond acceptors (Lipinski definition) is 4. The van der Waals surface area contributed by atoms with Crippen molar-refractivity contribution >= 4 is 0 Å². The van der Waals surface area contributed by atoms with Gasteiger partial charge in [-0.2, -0.15) is 0 Å². The molecular formula is C13H27NO3. The molecule has 1 rings (SSSR count). The summed E-state index contributed by atoms with van der Waals surface area (Å²) in [5, 5.41) is 3.37. The van der Waals surface area contributed by atoms with Crippen LogP contribution in [0.5, 0.6) is 0 Å². The first-order valence-electron chi connectivity index (χ1n) is 6.70. The van der Waals surface area contributed by atoms with E-state index in [0.717, 1.165) is 12.5 Å². The van der Waals surface area contributed by atoms with Gasteiger partial charge in [0.2, 0.25) is 0 Å². The largest absolute Gasteiger partial charge is 0.382 e. The van der Waals surface area contributed by atoms with Crippen LogP contribution in [-0.2, 0) is 14.2 Å². The summed E-state index contributed by atoms with van der Waals surface area (Å²) >= 11 is 0. The Labute approximate surface area is 105 Å². The van der Waals surface area contributed by atoms with Gasteiger partial charge in [0.05, 0.1) is 33.0 Å².